The Bertz CT molecular complexity index is 1340. The van der Waals surface area contributed by atoms with Crippen molar-refractivity contribution in [3.05, 3.63) is 81.9 Å². The van der Waals surface area contributed by atoms with Crippen molar-refractivity contribution in [3.8, 4) is 11.4 Å². The van der Waals surface area contributed by atoms with E-state index in [0.717, 1.165) is 52.3 Å². The summed E-state index contributed by atoms with van der Waals surface area (Å²) in [5, 5.41) is 4.66. The molecular formula is C24H22BrFN6O. The number of fused-ring (bicyclic) bond motifs is 1. The lowest BCUT2D eigenvalue weighted by Crippen LogP contribution is -2.18. The zero-order chi connectivity index (χ0) is 22.9. The van der Waals surface area contributed by atoms with Crippen molar-refractivity contribution in [1.29, 1.82) is 0 Å². The molecule has 7 nitrogen and oxygen atoms in total. The highest BCUT2D eigenvalue weighted by Crippen LogP contribution is 2.36. The van der Waals surface area contributed by atoms with Gasteiger partial charge in [-0.2, -0.15) is 5.10 Å². The zero-order valence-electron chi connectivity index (χ0n) is 18.2. The van der Waals surface area contributed by atoms with Crippen molar-refractivity contribution >= 4 is 28.1 Å². The largest absolute Gasteiger partial charge is 0.494 e. The summed E-state index contributed by atoms with van der Waals surface area (Å²) in [6.45, 7) is 2.75. The number of pyridine rings is 1. The summed E-state index contributed by atoms with van der Waals surface area (Å²) in [5.41, 5.74) is 3.50. The molecule has 0 spiro atoms. The minimum atomic E-state index is -0.261. The average Bonchev–Trinajstić information content (AvgIpc) is 3.43. The Kier molecular flexibility index (Phi) is 5.80. The Morgan fingerprint density at radius 3 is 2.85 bits per heavy atom. The third-order valence-electron chi connectivity index (χ3n) is 5.71. The zero-order valence-corrected chi connectivity index (χ0v) is 19.8. The van der Waals surface area contributed by atoms with Gasteiger partial charge in [-0.1, -0.05) is 22.0 Å². The van der Waals surface area contributed by atoms with Gasteiger partial charge in [0.15, 0.2) is 5.82 Å². The lowest BCUT2D eigenvalue weighted by atomic mass is 9.91. The first-order valence-electron chi connectivity index (χ1n) is 10.6. The molecule has 4 heterocycles. The summed E-state index contributed by atoms with van der Waals surface area (Å²) in [6.07, 6.45) is 11.1. The molecule has 3 aromatic heterocycles. The highest BCUT2D eigenvalue weighted by Gasteiger charge is 2.27. The third-order valence-corrected chi connectivity index (χ3v) is 6.40. The molecule has 168 valence electrons. The molecule has 0 unspecified atom stereocenters. The van der Waals surface area contributed by atoms with E-state index in [0.29, 0.717) is 11.6 Å². The molecule has 5 rings (SSSR count). The van der Waals surface area contributed by atoms with Crippen molar-refractivity contribution in [2.24, 2.45) is 0 Å². The van der Waals surface area contributed by atoms with Gasteiger partial charge in [0.05, 0.1) is 31.0 Å². The number of aryl methyl sites for hydroxylation is 2. The Balaban J connectivity index is 1.42. The molecule has 1 aliphatic heterocycles. The average molecular weight is 509 g/mol. The first-order chi connectivity index (χ1) is 16.0. The van der Waals surface area contributed by atoms with Crippen molar-refractivity contribution in [2.45, 2.75) is 32.2 Å². The molecule has 33 heavy (non-hydrogen) atoms. The van der Waals surface area contributed by atoms with Crippen LogP contribution in [0.5, 0.6) is 5.75 Å². The number of methoxy groups -OCH3 is 1. The molecule has 9 heteroatoms. The topological polar surface area (TPSA) is 70.7 Å². The number of benzene rings is 1. The van der Waals surface area contributed by atoms with E-state index in [1.165, 1.54) is 12.1 Å². The van der Waals surface area contributed by atoms with Crippen molar-refractivity contribution in [3.63, 3.8) is 0 Å². The Morgan fingerprint density at radius 2 is 2.09 bits per heavy atom. The molecule has 0 radical (unpaired) electrons. The van der Waals surface area contributed by atoms with Gasteiger partial charge < -0.3 is 9.30 Å². The molecule has 0 aliphatic carbocycles. The lowest BCUT2D eigenvalue weighted by molar-refractivity contribution is 0.412. The van der Waals surface area contributed by atoms with Crippen LogP contribution >= 0.6 is 15.9 Å². The van der Waals surface area contributed by atoms with E-state index in [-0.39, 0.29) is 11.7 Å². The lowest BCUT2D eigenvalue weighted by Gasteiger charge is -2.23. The van der Waals surface area contributed by atoms with Crippen LogP contribution in [0, 0.1) is 12.7 Å². The van der Waals surface area contributed by atoms with Gasteiger partial charge in [0.25, 0.3) is 0 Å². The van der Waals surface area contributed by atoms with Gasteiger partial charge in [-0.15, -0.1) is 0 Å². The SMILES string of the molecule is COc1cc(C=Cc2nc3n(n2)CCC[C@H]3c2ccc(F)cc2Br)ncc1-n1cnc(C)c1. The fourth-order valence-corrected chi connectivity index (χ4v) is 4.75. The number of halogens is 2. The van der Waals surface area contributed by atoms with Gasteiger partial charge in [-0.25, -0.2) is 19.0 Å². The van der Waals surface area contributed by atoms with E-state index >= 15 is 0 Å². The monoisotopic (exact) mass is 508 g/mol. The smallest absolute Gasteiger partial charge is 0.174 e. The minimum absolute atomic E-state index is 0.0690. The maximum atomic E-state index is 13.6. The van der Waals surface area contributed by atoms with Crippen LogP contribution in [0.25, 0.3) is 17.8 Å². The van der Waals surface area contributed by atoms with Gasteiger partial charge >= 0.3 is 0 Å². The van der Waals surface area contributed by atoms with Gasteiger partial charge in [0.1, 0.15) is 23.1 Å². The molecule has 0 saturated carbocycles. The highest BCUT2D eigenvalue weighted by molar-refractivity contribution is 9.10. The number of hydrogen-bond donors (Lipinski definition) is 0. The van der Waals surface area contributed by atoms with Crippen molar-refractivity contribution in [2.75, 3.05) is 7.11 Å². The van der Waals surface area contributed by atoms with Gasteiger partial charge in [-0.05, 0) is 49.6 Å². The summed E-state index contributed by atoms with van der Waals surface area (Å²) in [5.74, 6) is 2.01. The number of aromatic nitrogens is 6. The van der Waals surface area contributed by atoms with Crippen LogP contribution in [-0.4, -0.2) is 36.4 Å². The van der Waals surface area contributed by atoms with Crippen LogP contribution in [0.4, 0.5) is 4.39 Å². The molecule has 1 atom stereocenters. The van der Waals surface area contributed by atoms with Gasteiger partial charge in [0, 0.05) is 29.2 Å². The summed E-state index contributed by atoms with van der Waals surface area (Å²) in [6, 6.07) is 6.68. The van der Waals surface area contributed by atoms with Crippen LogP contribution in [0.2, 0.25) is 0 Å². The second-order valence-corrected chi connectivity index (χ2v) is 8.80. The fraction of sp³-hybridized carbons (Fsp3) is 0.250. The molecule has 0 amide bonds. The van der Waals surface area contributed by atoms with Gasteiger partial charge in [-0.3, -0.25) is 4.98 Å². The van der Waals surface area contributed by atoms with E-state index < -0.39 is 0 Å². The van der Waals surface area contributed by atoms with Crippen LogP contribution < -0.4 is 4.74 Å². The van der Waals surface area contributed by atoms with E-state index in [1.807, 2.05) is 46.7 Å². The number of rotatable bonds is 5. The van der Waals surface area contributed by atoms with E-state index in [2.05, 4.69) is 31.0 Å². The van der Waals surface area contributed by atoms with E-state index in [1.54, 1.807) is 19.6 Å². The quantitative estimate of drug-likeness (QED) is 0.371. The van der Waals surface area contributed by atoms with Crippen molar-refractivity contribution in [1.82, 2.24) is 29.3 Å². The maximum absolute atomic E-state index is 13.6. The summed E-state index contributed by atoms with van der Waals surface area (Å²) >= 11 is 3.50. The Hall–Kier alpha value is -3.33. The summed E-state index contributed by atoms with van der Waals surface area (Å²) in [4.78, 5) is 13.6. The van der Waals surface area contributed by atoms with Crippen LogP contribution in [0.1, 0.15) is 47.4 Å². The second kappa shape index (κ2) is 8.90. The minimum Gasteiger partial charge on any atom is -0.494 e. The summed E-state index contributed by atoms with van der Waals surface area (Å²) < 4.78 is 23.7. The molecule has 0 saturated heterocycles. The fourth-order valence-electron chi connectivity index (χ4n) is 4.12. The molecule has 1 aromatic carbocycles. The van der Waals surface area contributed by atoms with Crippen molar-refractivity contribution < 1.29 is 9.13 Å². The highest BCUT2D eigenvalue weighted by atomic mass is 79.9. The van der Waals surface area contributed by atoms with E-state index in [9.17, 15) is 4.39 Å². The van der Waals surface area contributed by atoms with Crippen LogP contribution in [-0.2, 0) is 6.54 Å². The molecule has 0 fully saturated rings. The maximum Gasteiger partial charge on any atom is 0.174 e. The predicted octanol–water partition coefficient (Wildman–Crippen LogP) is 5.17. The molecule has 1 aliphatic rings. The number of nitrogens with zero attached hydrogens (tertiary/aromatic N) is 6. The molecule has 0 bridgehead atoms. The Labute approximate surface area is 199 Å². The number of ether oxygens (including phenoxy) is 1. The third kappa shape index (κ3) is 4.32. The van der Waals surface area contributed by atoms with E-state index in [4.69, 9.17) is 9.72 Å². The first-order valence-corrected chi connectivity index (χ1v) is 11.4. The predicted molar refractivity (Wildman–Crippen MR) is 127 cm³/mol. The first kappa shape index (κ1) is 21.5. The number of imidazole rings is 1. The molecule has 4 aromatic rings. The Morgan fingerprint density at radius 1 is 1.21 bits per heavy atom. The standard InChI is InChI=1S/C24H22BrFN6O/c1-15-13-31(14-28-15)21-12-27-17(11-22(21)33-2)6-8-23-29-24-19(4-3-9-32(24)30-23)18-7-5-16(26)10-20(18)25/h5-8,10-14,19H,3-4,9H2,1-2H3/t19-/m0/s1. The summed E-state index contributed by atoms with van der Waals surface area (Å²) in [7, 11) is 1.63. The molecule has 0 N–H and O–H groups in total. The molecular weight excluding hydrogens is 487 g/mol. The van der Waals surface area contributed by atoms with Crippen LogP contribution in [0.3, 0.4) is 0 Å². The van der Waals surface area contributed by atoms with Crippen LogP contribution in [0.15, 0.2) is 47.5 Å². The number of hydrogen-bond acceptors (Lipinski definition) is 5. The normalized spacial score (nSPS) is 15.7. The van der Waals surface area contributed by atoms with Gasteiger partial charge in [0.2, 0.25) is 0 Å². The second-order valence-electron chi connectivity index (χ2n) is 7.95.